The Kier molecular flexibility index (Phi) is 5.00. The van der Waals surface area contributed by atoms with E-state index < -0.39 is 0 Å². The van der Waals surface area contributed by atoms with Crippen LogP contribution in [0.25, 0.3) is 16.9 Å². The van der Waals surface area contributed by atoms with Gasteiger partial charge in [-0.05, 0) is 49.0 Å². The Morgan fingerprint density at radius 1 is 0.964 bits per heavy atom. The Bertz CT molecular complexity index is 1070. The molecular formula is C23H24N4O. The summed E-state index contributed by atoms with van der Waals surface area (Å²) in [5.74, 6) is 0.833. The van der Waals surface area contributed by atoms with E-state index in [0.717, 1.165) is 47.1 Å². The first-order valence-electron chi connectivity index (χ1n) is 9.27. The fourth-order valence-corrected chi connectivity index (χ4v) is 3.45. The molecule has 0 amide bonds. The number of pyridine rings is 1. The van der Waals surface area contributed by atoms with Crippen LogP contribution in [0.3, 0.4) is 0 Å². The van der Waals surface area contributed by atoms with Gasteiger partial charge in [0.25, 0.3) is 0 Å². The average Bonchev–Trinajstić information content (AvgIpc) is 3.06. The van der Waals surface area contributed by atoms with Crippen LogP contribution in [0.5, 0.6) is 5.75 Å². The van der Waals surface area contributed by atoms with Crippen LogP contribution in [0.15, 0.2) is 72.9 Å². The lowest BCUT2D eigenvalue weighted by molar-refractivity contribution is 0.314. The van der Waals surface area contributed by atoms with Gasteiger partial charge in [0.1, 0.15) is 11.4 Å². The third kappa shape index (κ3) is 3.70. The molecule has 0 bridgehead atoms. The molecule has 4 rings (SSSR count). The number of imidazole rings is 1. The van der Waals surface area contributed by atoms with Crippen LogP contribution in [-0.2, 0) is 13.1 Å². The third-order valence-corrected chi connectivity index (χ3v) is 4.82. The van der Waals surface area contributed by atoms with Crippen molar-refractivity contribution in [2.45, 2.75) is 13.1 Å². The number of nitrogens with two attached hydrogens (primary N) is 1. The molecule has 4 aromatic rings. The van der Waals surface area contributed by atoms with Gasteiger partial charge in [0.15, 0.2) is 0 Å². The predicted octanol–water partition coefficient (Wildman–Crippen LogP) is 4.22. The summed E-state index contributed by atoms with van der Waals surface area (Å²) in [7, 11) is 3.79. The molecule has 0 radical (unpaired) electrons. The van der Waals surface area contributed by atoms with Crippen molar-refractivity contribution in [3.05, 3.63) is 84.2 Å². The average molecular weight is 372 g/mol. The van der Waals surface area contributed by atoms with E-state index in [-0.39, 0.29) is 0 Å². The number of rotatable bonds is 6. The Hall–Kier alpha value is -3.31. The molecule has 2 heterocycles. The van der Waals surface area contributed by atoms with Crippen LogP contribution in [0.1, 0.15) is 11.3 Å². The molecule has 0 aliphatic carbocycles. The smallest absolute Gasteiger partial charge is 0.137 e. The number of hydrogen-bond donors (Lipinski definition) is 1. The maximum Gasteiger partial charge on any atom is 0.137 e. The van der Waals surface area contributed by atoms with Crippen LogP contribution in [0, 0.1) is 0 Å². The summed E-state index contributed by atoms with van der Waals surface area (Å²) in [6.45, 7) is 1.61. The van der Waals surface area contributed by atoms with E-state index in [0.29, 0.717) is 0 Å². The molecule has 2 N–H and O–H groups in total. The fraction of sp³-hybridized carbons (Fsp3) is 0.174. The van der Waals surface area contributed by atoms with Gasteiger partial charge in [-0.1, -0.05) is 30.3 Å². The Balaban J connectivity index is 1.72. The normalized spacial score (nSPS) is 11.2. The van der Waals surface area contributed by atoms with Gasteiger partial charge in [-0.25, -0.2) is 4.98 Å². The van der Waals surface area contributed by atoms with Crippen molar-refractivity contribution in [2.24, 2.45) is 0 Å². The molecule has 2 aromatic heterocycles. The lowest BCUT2D eigenvalue weighted by Crippen LogP contribution is -2.18. The van der Waals surface area contributed by atoms with Crippen LogP contribution in [-0.4, -0.2) is 28.4 Å². The topological polar surface area (TPSA) is 55.8 Å². The molecule has 0 spiro atoms. The second-order valence-corrected chi connectivity index (χ2v) is 6.98. The standard InChI is InChI=1S/C23H24N4O/c1-26(14-17-6-4-3-5-7-17)16-21-23(18-8-11-20(28-2)12-9-18)25-22-13-10-19(24)15-27(21)22/h3-13,15H,14,16,24H2,1-2H3. The number of benzene rings is 2. The first-order chi connectivity index (χ1) is 13.6. The number of methoxy groups -OCH3 is 1. The van der Waals surface area contributed by atoms with Crippen molar-refractivity contribution in [1.82, 2.24) is 14.3 Å². The lowest BCUT2D eigenvalue weighted by atomic mass is 10.1. The summed E-state index contributed by atoms with van der Waals surface area (Å²) in [4.78, 5) is 7.17. The van der Waals surface area contributed by atoms with Crippen LogP contribution >= 0.6 is 0 Å². The van der Waals surface area contributed by atoms with Gasteiger partial charge in [-0.15, -0.1) is 0 Å². The lowest BCUT2D eigenvalue weighted by Gasteiger charge is -2.18. The van der Waals surface area contributed by atoms with Gasteiger partial charge in [0.05, 0.1) is 18.5 Å². The number of aromatic nitrogens is 2. The molecule has 5 nitrogen and oxygen atoms in total. The highest BCUT2D eigenvalue weighted by Crippen LogP contribution is 2.28. The summed E-state index contributed by atoms with van der Waals surface area (Å²) < 4.78 is 7.38. The zero-order valence-electron chi connectivity index (χ0n) is 16.2. The number of nitrogens with zero attached hydrogens (tertiary/aromatic N) is 3. The van der Waals surface area contributed by atoms with Gasteiger partial charge >= 0.3 is 0 Å². The Morgan fingerprint density at radius 3 is 2.43 bits per heavy atom. The maximum absolute atomic E-state index is 6.05. The molecule has 0 saturated heterocycles. The van der Waals surface area contributed by atoms with E-state index in [9.17, 15) is 0 Å². The third-order valence-electron chi connectivity index (χ3n) is 4.82. The Morgan fingerprint density at radius 2 is 1.71 bits per heavy atom. The summed E-state index contributed by atoms with van der Waals surface area (Å²) in [6, 6.07) is 22.3. The number of ether oxygens (including phenoxy) is 1. The van der Waals surface area contributed by atoms with E-state index in [1.807, 2.05) is 48.7 Å². The minimum absolute atomic E-state index is 0.721. The van der Waals surface area contributed by atoms with Crippen LogP contribution in [0.2, 0.25) is 0 Å². The van der Waals surface area contributed by atoms with E-state index >= 15 is 0 Å². The second kappa shape index (κ2) is 7.74. The second-order valence-electron chi connectivity index (χ2n) is 6.98. The van der Waals surface area contributed by atoms with Crippen molar-refractivity contribution in [3.8, 4) is 17.0 Å². The van der Waals surface area contributed by atoms with Gasteiger partial charge < -0.3 is 14.9 Å². The zero-order valence-corrected chi connectivity index (χ0v) is 16.2. The van der Waals surface area contributed by atoms with Gasteiger partial charge in [0, 0.05) is 30.5 Å². The summed E-state index contributed by atoms with van der Waals surface area (Å²) in [5, 5.41) is 0. The Labute approximate surface area is 165 Å². The van der Waals surface area contributed by atoms with Gasteiger partial charge in [0.2, 0.25) is 0 Å². The molecule has 0 saturated carbocycles. The number of anilines is 1. The van der Waals surface area contributed by atoms with Crippen LogP contribution < -0.4 is 10.5 Å². The summed E-state index contributed by atoms with van der Waals surface area (Å²) >= 11 is 0. The van der Waals surface area contributed by atoms with E-state index in [1.54, 1.807) is 7.11 Å². The molecule has 5 heteroatoms. The highest BCUT2D eigenvalue weighted by atomic mass is 16.5. The minimum Gasteiger partial charge on any atom is -0.497 e. The van der Waals surface area contributed by atoms with Gasteiger partial charge in [-0.3, -0.25) is 4.90 Å². The molecule has 0 aliphatic rings. The van der Waals surface area contributed by atoms with E-state index in [2.05, 4.69) is 40.6 Å². The number of fused-ring (bicyclic) bond motifs is 1. The number of hydrogen-bond acceptors (Lipinski definition) is 4. The van der Waals surface area contributed by atoms with Crippen molar-refractivity contribution in [1.29, 1.82) is 0 Å². The molecule has 2 aromatic carbocycles. The van der Waals surface area contributed by atoms with Crippen molar-refractivity contribution >= 4 is 11.3 Å². The van der Waals surface area contributed by atoms with Crippen molar-refractivity contribution < 1.29 is 4.74 Å². The fourth-order valence-electron chi connectivity index (χ4n) is 3.45. The zero-order chi connectivity index (χ0) is 19.5. The maximum atomic E-state index is 6.05. The summed E-state index contributed by atoms with van der Waals surface area (Å²) in [6.07, 6.45) is 1.95. The molecule has 0 atom stereocenters. The first kappa shape index (κ1) is 18.1. The molecule has 142 valence electrons. The minimum atomic E-state index is 0.721. The monoisotopic (exact) mass is 372 g/mol. The molecular weight excluding hydrogens is 348 g/mol. The molecule has 0 fully saturated rings. The quantitative estimate of drug-likeness (QED) is 0.550. The van der Waals surface area contributed by atoms with Crippen LogP contribution in [0.4, 0.5) is 5.69 Å². The van der Waals surface area contributed by atoms with Gasteiger partial charge in [-0.2, -0.15) is 0 Å². The predicted molar refractivity (Wildman–Crippen MR) is 113 cm³/mol. The highest BCUT2D eigenvalue weighted by Gasteiger charge is 2.16. The molecule has 0 aliphatic heterocycles. The number of nitrogen functional groups attached to an aromatic ring is 1. The van der Waals surface area contributed by atoms with E-state index in [4.69, 9.17) is 15.5 Å². The summed E-state index contributed by atoms with van der Waals surface area (Å²) in [5.41, 5.74) is 12.1. The van der Waals surface area contributed by atoms with Crippen molar-refractivity contribution in [2.75, 3.05) is 19.9 Å². The SMILES string of the molecule is COc1ccc(-c2nc3ccc(N)cn3c2CN(C)Cc2ccccc2)cc1. The molecule has 28 heavy (non-hydrogen) atoms. The van der Waals surface area contributed by atoms with E-state index in [1.165, 1.54) is 5.56 Å². The largest absolute Gasteiger partial charge is 0.497 e. The van der Waals surface area contributed by atoms with Crippen molar-refractivity contribution in [3.63, 3.8) is 0 Å². The first-order valence-corrected chi connectivity index (χ1v) is 9.27. The highest BCUT2D eigenvalue weighted by molar-refractivity contribution is 5.68. The molecule has 0 unspecified atom stereocenters.